The Balaban J connectivity index is 1.52. The zero-order chi connectivity index (χ0) is 12.9. The molecule has 4 rings (SSSR count). The predicted octanol–water partition coefficient (Wildman–Crippen LogP) is 1.44. The molecule has 0 bridgehead atoms. The summed E-state index contributed by atoms with van der Waals surface area (Å²) in [6, 6.07) is 0. The van der Waals surface area contributed by atoms with Gasteiger partial charge in [-0.25, -0.2) is 9.50 Å². The Labute approximate surface area is 114 Å². The molecule has 19 heavy (non-hydrogen) atoms. The molecule has 4 heterocycles. The maximum absolute atomic E-state index is 5.74. The molecule has 0 radical (unpaired) electrons. The fourth-order valence-electron chi connectivity index (χ4n) is 2.75. The quantitative estimate of drug-likeness (QED) is 0.791. The molecule has 0 N–H and O–H groups in total. The van der Waals surface area contributed by atoms with Gasteiger partial charge in [0.2, 0.25) is 10.1 Å². The number of hydrogen-bond donors (Lipinski definition) is 0. The second-order valence-electron chi connectivity index (χ2n) is 5.09. The van der Waals surface area contributed by atoms with Gasteiger partial charge in [0, 0.05) is 25.9 Å². The van der Waals surface area contributed by atoms with Gasteiger partial charge in [0.15, 0.2) is 5.79 Å². The SMILES string of the molecule is Cc1cn2nc(N3CCC4(CC3)OCCO4)sc2n1. The number of piperidine rings is 1. The molecule has 2 aromatic rings. The van der Waals surface area contributed by atoms with Crippen molar-refractivity contribution in [1.82, 2.24) is 14.6 Å². The zero-order valence-electron chi connectivity index (χ0n) is 10.8. The Morgan fingerprint density at radius 2 is 2.00 bits per heavy atom. The molecule has 0 atom stereocenters. The van der Waals surface area contributed by atoms with Crippen molar-refractivity contribution in [3.63, 3.8) is 0 Å². The van der Waals surface area contributed by atoms with Crippen molar-refractivity contribution in [3.05, 3.63) is 11.9 Å². The van der Waals surface area contributed by atoms with Gasteiger partial charge in [-0.2, -0.15) is 0 Å². The lowest BCUT2D eigenvalue weighted by Crippen LogP contribution is -2.45. The number of aromatic nitrogens is 3. The van der Waals surface area contributed by atoms with E-state index in [0.29, 0.717) is 0 Å². The monoisotopic (exact) mass is 280 g/mol. The zero-order valence-corrected chi connectivity index (χ0v) is 11.7. The van der Waals surface area contributed by atoms with E-state index in [0.717, 1.165) is 54.9 Å². The smallest absolute Gasteiger partial charge is 0.214 e. The Morgan fingerprint density at radius 1 is 1.26 bits per heavy atom. The number of hydrogen-bond acceptors (Lipinski definition) is 6. The summed E-state index contributed by atoms with van der Waals surface area (Å²) in [6.45, 7) is 5.29. The van der Waals surface area contributed by atoms with Crippen LogP contribution in [0.4, 0.5) is 5.13 Å². The Hall–Kier alpha value is -1.18. The van der Waals surface area contributed by atoms with Gasteiger partial charge in [-0.15, -0.1) is 5.10 Å². The summed E-state index contributed by atoms with van der Waals surface area (Å²) in [5.74, 6) is -0.315. The molecule has 0 aliphatic carbocycles. The van der Waals surface area contributed by atoms with Gasteiger partial charge in [0.1, 0.15) is 0 Å². The molecule has 7 heteroatoms. The predicted molar refractivity (Wildman–Crippen MR) is 71.7 cm³/mol. The second-order valence-corrected chi connectivity index (χ2v) is 6.02. The van der Waals surface area contributed by atoms with Crippen molar-refractivity contribution in [2.75, 3.05) is 31.2 Å². The molecule has 0 saturated carbocycles. The topological polar surface area (TPSA) is 51.9 Å². The molecule has 2 aromatic heterocycles. The maximum Gasteiger partial charge on any atom is 0.214 e. The van der Waals surface area contributed by atoms with Gasteiger partial charge in [-0.3, -0.25) is 0 Å². The largest absolute Gasteiger partial charge is 0.347 e. The summed E-state index contributed by atoms with van der Waals surface area (Å²) in [5.41, 5.74) is 1.01. The number of nitrogens with zero attached hydrogens (tertiary/aromatic N) is 4. The summed E-state index contributed by atoms with van der Waals surface area (Å²) in [6.07, 6.45) is 3.78. The van der Waals surface area contributed by atoms with Crippen molar-refractivity contribution in [1.29, 1.82) is 0 Å². The highest BCUT2D eigenvalue weighted by atomic mass is 32.1. The van der Waals surface area contributed by atoms with Crippen LogP contribution in [0.3, 0.4) is 0 Å². The average Bonchev–Trinajstić information content (AvgIpc) is 3.06. The Morgan fingerprint density at radius 3 is 2.68 bits per heavy atom. The summed E-state index contributed by atoms with van der Waals surface area (Å²) in [7, 11) is 0. The van der Waals surface area contributed by atoms with Crippen LogP contribution in [-0.2, 0) is 9.47 Å². The van der Waals surface area contributed by atoms with Crippen LogP contribution in [0.1, 0.15) is 18.5 Å². The van der Waals surface area contributed by atoms with Gasteiger partial charge in [0.25, 0.3) is 0 Å². The Bertz CT molecular complexity index is 560. The van der Waals surface area contributed by atoms with Crippen molar-refractivity contribution >= 4 is 21.4 Å². The third kappa shape index (κ3) is 1.92. The molecule has 2 aliphatic rings. The van der Waals surface area contributed by atoms with E-state index in [1.165, 1.54) is 0 Å². The lowest BCUT2D eigenvalue weighted by atomic mass is 10.0. The van der Waals surface area contributed by atoms with Crippen molar-refractivity contribution < 1.29 is 9.47 Å². The first-order chi connectivity index (χ1) is 9.24. The number of aryl methyl sites for hydroxylation is 1. The number of anilines is 1. The van der Waals surface area contributed by atoms with E-state index in [2.05, 4.69) is 15.0 Å². The molecular weight excluding hydrogens is 264 g/mol. The molecule has 2 aliphatic heterocycles. The highest BCUT2D eigenvalue weighted by Crippen LogP contribution is 2.34. The van der Waals surface area contributed by atoms with Gasteiger partial charge < -0.3 is 14.4 Å². The van der Waals surface area contributed by atoms with Crippen LogP contribution in [-0.4, -0.2) is 46.7 Å². The van der Waals surface area contributed by atoms with E-state index in [-0.39, 0.29) is 5.79 Å². The first-order valence-corrected chi connectivity index (χ1v) is 7.41. The van der Waals surface area contributed by atoms with E-state index in [1.54, 1.807) is 11.3 Å². The van der Waals surface area contributed by atoms with E-state index >= 15 is 0 Å². The lowest BCUT2D eigenvalue weighted by molar-refractivity contribution is -0.169. The number of imidazole rings is 1. The molecule has 2 saturated heterocycles. The highest BCUT2D eigenvalue weighted by molar-refractivity contribution is 7.20. The number of ether oxygens (including phenoxy) is 2. The van der Waals surface area contributed by atoms with Crippen LogP contribution in [0.15, 0.2) is 6.20 Å². The van der Waals surface area contributed by atoms with Crippen LogP contribution in [0.25, 0.3) is 4.96 Å². The number of rotatable bonds is 1. The van der Waals surface area contributed by atoms with Crippen molar-refractivity contribution in [2.45, 2.75) is 25.6 Å². The van der Waals surface area contributed by atoms with Crippen LogP contribution in [0.5, 0.6) is 0 Å². The minimum absolute atomic E-state index is 0.315. The van der Waals surface area contributed by atoms with Gasteiger partial charge in [-0.1, -0.05) is 11.3 Å². The van der Waals surface area contributed by atoms with E-state index < -0.39 is 0 Å². The van der Waals surface area contributed by atoms with Crippen molar-refractivity contribution in [2.24, 2.45) is 0 Å². The first-order valence-electron chi connectivity index (χ1n) is 6.60. The average molecular weight is 280 g/mol. The molecule has 6 nitrogen and oxygen atoms in total. The first kappa shape index (κ1) is 11.6. The summed E-state index contributed by atoms with van der Waals surface area (Å²) in [5, 5.41) is 5.63. The van der Waals surface area contributed by atoms with Crippen LogP contribution < -0.4 is 4.90 Å². The van der Waals surface area contributed by atoms with Gasteiger partial charge in [-0.05, 0) is 6.92 Å². The minimum atomic E-state index is -0.315. The Kier molecular flexibility index (Phi) is 2.54. The summed E-state index contributed by atoms with van der Waals surface area (Å²) >= 11 is 1.64. The molecular formula is C12H16N4O2S. The highest BCUT2D eigenvalue weighted by Gasteiger charge is 2.40. The summed E-state index contributed by atoms with van der Waals surface area (Å²) < 4.78 is 13.3. The molecule has 0 unspecified atom stereocenters. The van der Waals surface area contributed by atoms with Crippen molar-refractivity contribution in [3.8, 4) is 0 Å². The molecule has 102 valence electrons. The second kappa shape index (κ2) is 4.16. The third-order valence-corrected chi connectivity index (χ3v) is 4.75. The minimum Gasteiger partial charge on any atom is -0.347 e. The molecule has 0 aromatic carbocycles. The molecule has 0 amide bonds. The van der Waals surface area contributed by atoms with Crippen LogP contribution in [0, 0.1) is 6.92 Å². The lowest BCUT2D eigenvalue weighted by Gasteiger charge is -2.37. The number of fused-ring (bicyclic) bond motifs is 1. The molecule has 1 spiro atoms. The van der Waals surface area contributed by atoms with E-state index in [1.807, 2.05) is 17.6 Å². The normalized spacial score (nSPS) is 22.7. The van der Waals surface area contributed by atoms with E-state index in [9.17, 15) is 0 Å². The summed E-state index contributed by atoms with van der Waals surface area (Å²) in [4.78, 5) is 7.70. The maximum atomic E-state index is 5.74. The fraction of sp³-hybridized carbons (Fsp3) is 0.667. The van der Waals surface area contributed by atoms with E-state index in [4.69, 9.17) is 9.47 Å². The third-order valence-electron chi connectivity index (χ3n) is 3.76. The standard InChI is InChI=1S/C12H16N4O2S/c1-9-8-16-10(13-9)19-11(14-16)15-4-2-12(3-5-15)17-6-7-18-12/h8H,2-7H2,1H3. The van der Waals surface area contributed by atoms with Gasteiger partial charge in [0.05, 0.1) is 25.1 Å². The van der Waals surface area contributed by atoms with Crippen LogP contribution >= 0.6 is 11.3 Å². The molecule has 2 fully saturated rings. The fourth-order valence-corrected chi connectivity index (χ4v) is 3.73. The van der Waals surface area contributed by atoms with Gasteiger partial charge >= 0.3 is 0 Å². The van der Waals surface area contributed by atoms with Crippen LogP contribution in [0.2, 0.25) is 0 Å².